The van der Waals surface area contributed by atoms with Gasteiger partial charge in [0.15, 0.2) is 0 Å². The van der Waals surface area contributed by atoms with E-state index in [-0.39, 0.29) is 12.5 Å². The number of aliphatic carboxylic acids is 1. The fourth-order valence-corrected chi connectivity index (χ4v) is 4.77. The third kappa shape index (κ3) is 7.10. The average Bonchev–Trinajstić information content (AvgIpc) is 2.97. The van der Waals surface area contributed by atoms with Crippen molar-refractivity contribution in [1.82, 2.24) is 4.98 Å². The molecule has 41 heavy (non-hydrogen) atoms. The zero-order chi connectivity index (χ0) is 29.0. The first-order valence-electron chi connectivity index (χ1n) is 13.0. The molecule has 0 amide bonds. The molecule has 6 nitrogen and oxygen atoms in total. The van der Waals surface area contributed by atoms with Crippen LogP contribution in [0, 0.1) is 5.92 Å². The number of pyridine rings is 1. The molecule has 10 heteroatoms. The van der Waals surface area contributed by atoms with E-state index in [9.17, 15) is 23.1 Å². The van der Waals surface area contributed by atoms with Crippen LogP contribution < -0.4 is 14.4 Å². The van der Waals surface area contributed by atoms with Crippen molar-refractivity contribution in [3.8, 4) is 28.5 Å². The lowest BCUT2D eigenvalue weighted by Gasteiger charge is -2.31. The quantitative estimate of drug-likeness (QED) is 0.226. The molecule has 1 saturated heterocycles. The fourth-order valence-electron chi connectivity index (χ4n) is 4.60. The first kappa shape index (κ1) is 28.3. The lowest BCUT2D eigenvalue weighted by molar-refractivity contribution is -0.142. The number of aromatic nitrogens is 1. The molecule has 1 N–H and O–H groups in total. The van der Waals surface area contributed by atoms with Gasteiger partial charge in [-0.15, -0.1) is 0 Å². The van der Waals surface area contributed by atoms with Crippen LogP contribution in [0.1, 0.15) is 24.0 Å². The highest BCUT2D eigenvalue weighted by molar-refractivity contribution is 6.31. The molecule has 0 unspecified atom stereocenters. The van der Waals surface area contributed by atoms with Crippen molar-refractivity contribution >= 4 is 23.4 Å². The Bertz CT molecular complexity index is 1500. The number of nitrogens with zero attached hydrogens (tertiary/aromatic N) is 2. The van der Waals surface area contributed by atoms with E-state index >= 15 is 0 Å². The predicted octanol–water partition coefficient (Wildman–Crippen LogP) is 8.09. The van der Waals surface area contributed by atoms with Crippen LogP contribution >= 0.6 is 11.6 Å². The van der Waals surface area contributed by atoms with E-state index in [2.05, 4.69) is 4.90 Å². The van der Waals surface area contributed by atoms with Gasteiger partial charge in [-0.25, -0.2) is 4.98 Å². The van der Waals surface area contributed by atoms with Gasteiger partial charge in [0.1, 0.15) is 29.7 Å². The van der Waals surface area contributed by atoms with E-state index in [1.54, 1.807) is 30.3 Å². The van der Waals surface area contributed by atoms with Crippen LogP contribution in [0.3, 0.4) is 0 Å². The summed E-state index contributed by atoms with van der Waals surface area (Å²) in [6, 6.07) is 22.6. The SMILES string of the molecule is O=C(O)C1CCN(c2cccc(-c3cc(Cl)ccc3OCc3ccc(Oc4ccc(C(F)(F)F)cc4)cc3)n2)CC1. The highest BCUT2D eigenvalue weighted by Crippen LogP contribution is 2.34. The summed E-state index contributed by atoms with van der Waals surface area (Å²) in [5.41, 5.74) is 1.53. The molecule has 0 aliphatic carbocycles. The Balaban J connectivity index is 1.25. The van der Waals surface area contributed by atoms with Gasteiger partial charge in [-0.3, -0.25) is 4.79 Å². The molecule has 2 heterocycles. The molecule has 5 rings (SSSR count). The Hall–Kier alpha value is -4.24. The fraction of sp³-hybridized carbons (Fsp3) is 0.226. The van der Waals surface area contributed by atoms with Crippen molar-refractivity contribution in [2.45, 2.75) is 25.6 Å². The first-order valence-corrected chi connectivity index (χ1v) is 13.3. The van der Waals surface area contributed by atoms with E-state index in [1.165, 1.54) is 12.1 Å². The Labute approximate surface area is 239 Å². The summed E-state index contributed by atoms with van der Waals surface area (Å²) in [4.78, 5) is 18.2. The average molecular weight is 583 g/mol. The maximum atomic E-state index is 12.8. The highest BCUT2D eigenvalue weighted by atomic mass is 35.5. The van der Waals surface area contributed by atoms with Crippen molar-refractivity contribution in [3.63, 3.8) is 0 Å². The van der Waals surface area contributed by atoms with Gasteiger partial charge >= 0.3 is 12.1 Å². The monoisotopic (exact) mass is 582 g/mol. The Morgan fingerprint density at radius 2 is 1.61 bits per heavy atom. The normalized spacial score (nSPS) is 14.1. The smallest absolute Gasteiger partial charge is 0.416 e. The van der Waals surface area contributed by atoms with E-state index in [4.69, 9.17) is 26.1 Å². The second kappa shape index (κ2) is 12.1. The molecule has 0 atom stereocenters. The Morgan fingerprint density at radius 1 is 0.951 bits per heavy atom. The minimum Gasteiger partial charge on any atom is -0.488 e. The van der Waals surface area contributed by atoms with Gasteiger partial charge < -0.3 is 19.5 Å². The van der Waals surface area contributed by atoms with E-state index in [0.29, 0.717) is 53.9 Å². The number of halogens is 4. The van der Waals surface area contributed by atoms with E-state index in [0.717, 1.165) is 29.1 Å². The molecule has 0 bridgehead atoms. The van der Waals surface area contributed by atoms with Crippen LogP contribution in [0.4, 0.5) is 19.0 Å². The van der Waals surface area contributed by atoms with Gasteiger partial charge in [-0.1, -0.05) is 29.8 Å². The number of rotatable bonds is 8. The van der Waals surface area contributed by atoms with Crippen LogP contribution in [0.25, 0.3) is 11.3 Å². The van der Waals surface area contributed by atoms with Crippen LogP contribution in [0.5, 0.6) is 17.2 Å². The molecule has 4 aromatic rings. The molecule has 0 spiro atoms. The molecule has 1 aliphatic heterocycles. The Morgan fingerprint density at radius 3 is 2.24 bits per heavy atom. The third-order valence-electron chi connectivity index (χ3n) is 6.86. The standard InChI is InChI=1S/C31H26ClF3N2O4/c32-23-8-13-28(26(18-23)27-2-1-3-29(36-27)37-16-14-21(15-17-37)30(38)39)40-19-20-4-9-24(10-5-20)41-25-11-6-22(7-12-25)31(33,34)35/h1-13,18,21H,14-17,19H2,(H,38,39). The number of carboxylic acids is 1. The highest BCUT2D eigenvalue weighted by Gasteiger charge is 2.30. The van der Waals surface area contributed by atoms with E-state index in [1.807, 2.05) is 30.3 Å². The molecule has 1 fully saturated rings. The number of carboxylic acid groups (broad SMARTS) is 1. The summed E-state index contributed by atoms with van der Waals surface area (Å²) in [5.74, 6) is 1.05. The summed E-state index contributed by atoms with van der Waals surface area (Å²) in [7, 11) is 0. The zero-order valence-corrected chi connectivity index (χ0v) is 22.5. The minimum atomic E-state index is -4.40. The predicted molar refractivity (Wildman–Crippen MR) is 150 cm³/mol. The maximum absolute atomic E-state index is 12.8. The van der Waals surface area contributed by atoms with Crippen LogP contribution in [0.15, 0.2) is 84.9 Å². The number of ether oxygens (including phenoxy) is 2. The van der Waals surface area contributed by atoms with E-state index < -0.39 is 17.7 Å². The molecule has 212 valence electrons. The lowest BCUT2D eigenvalue weighted by Crippen LogP contribution is -2.36. The number of benzene rings is 3. The summed E-state index contributed by atoms with van der Waals surface area (Å²) in [6.07, 6.45) is -3.26. The summed E-state index contributed by atoms with van der Waals surface area (Å²) in [5, 5.41) is 9.82. The molecular weight excluding hydrogens is 557 g/mol. The second-order valence-corrected chi connectivity index (χ2v) is 10.1. The molecule has 3 aromatic carbocycles. The van der Waals surface area contributed by atoms with Gasteiger partial charge in [0.2, 0.25) is 0 Å². The summed E-state index contributed by atoms with van der Waals surface area (Å²) < 4.78 is 50.1. The number of anilines is 1. The first-order chi connectivity index (χ1) is 19.7. The molecule has 1 aliphatic rings. The Kier molecular flexibility index (Phi) is 8.35. The number of hydrogen-bond donors (Lipinski definition) is 1. The second-order valence-electron chi connectivity index (χ2n) is 9.68. The van der Waals surface area contributed by atoms with Gasteiger partial charge in [0.25, 0.3) is 0 Å². The third-order valence-corrected chi connectivity index (χ3v) is 7.09. The summed E-state index contributed by atoms with van der Waals surface area (Å²) >= 11 is 6.31. The molecular formula is C31H26ClF3N2O4. The van der Waals surface area contributed by atoms with Crippen molar-refractivity contribution < 1.29 is 32.5 Å². The summed E-state index contributed by atoms with van der Waals surface area (Å²) in [6.45, 7) is 1.48. The number of piperidine rings is 1. The minimum absolute atomic E-state index is 0.248. The maximum Gasteiger partial charge on any atom is 0.416 e. The van der Waals surface area contributed by atoms with Crippen LogP contribution in [-0.2, 0) is 17.6 Å². The molecule has 1 aromatic heterocycles. The van der Waals surface area contributed by atoms with Crippen LogP contribution in [-0.4, -0.2) is 29.1 Å². The lowest BCUT2D eigenvalue weighted by atomic mass is 9.97. The number of carbonyl (C=O) groups is 1. The number of alkyl halides is 3. The van der Waals surface area contributed by atoms with Gasteiger partial charge in [-0.05, 0) is 85.1 Å². The topological polar surface area (TPSA) is 71.9 Å². The number of hydrogen-bond acceptors (Lipinski definition) is 5. The molecule has 0 radical (unpaired) electrons. The largest absolute Gasteiger partial charge is 0.488 e. The van der Waals surface area contributed by atoms with Crippen molar-refractivity contribution in [2.75, 3.05) is 18.0 Å². The van der Waals surface area contributed by atoms with Crippen molar-refractivity contribution in [1.29, 1.82) is 0 Å². The van der Waals surface area contributed by atoms with Crippen LogP contribution in [0.2, 0.25) is 5.02 Å². The zero-order valence-electron chi connectivity index (χ0n) is 21.8. The van der Waals surface area contributed by atoms with Gasteiger partial charge in [0.05, 0.1) is 17.2 Å². The molecule has 0 saturated carbocycles. The van der Waals surface area contributed by atoms with Gasteiger partial charge in [-0.2, -0.15) is 13.2 Å². The van der Waals surface area contributed by atoms with Crippen molar-refractivity contribution in [2.24, 2.45) is 5.92 Å². The van der Waals surface area contributed by atoms with Crippen molar-refractivity contribution in [3.05, 3.63) is 101 Å². The van der Waals surface area contributed by atoms with Gasteiger partial charge in [0, 0.05) is 23.7 Å².